The van der Waals surface area contributed by atoms with Gasteiger partial charge in [0.15, 0.2) is 0 Å². The molecular formula is C14H20N2O3S. The van der Waals surface area contributed by atoms with E-state index in [1.807, 2.05) is 6.26 Å². The van der Waals surface area contributed by atoms with Gasteiger partial charge >= 0.3 is 5.97 Å². The van der Waals surface area contributed by atoms with Gasteiger partial charge in [-0.05, 0) is 37.5 Å². The summed E-state index contributed by atoms with van der Waals surface area (Å²) in [5, 5.41) is 2.68. The number of carbonyl (C=O) groups is 2. The summed E-state index contributed by atoms with van der Waals surface area (Å²) in [5.41, 5.74) is 6.55. The Labute approximate surface area is 123 Å². The van der Waals surface area contributed by atoms with Gasteiger partial charge in [-0.15, -0.1) is 0 Å². The lowest BCUT2D eigenvalue weighted by molar-refractivity contribution is -0.117. The van der Waals surface area contributed by atoms with Crippen molar-refractivity contribution in [2.75, 3.05) is 23.9 Å². The molecule has 0 radical (unpaired) electrons. The van der Waals surface area contributed by atoms with Crippen LogP contribution in [0.2, 0.25) is 0 Å². The fourth-order valence-corrected chi connectivity index (χ4v) is 2.07. The quantitative estimate of drug-likeness (QED) is 0.751. The first kappa shape index (κ1) is 16.5. The van der Waals surface area contributed by atoms with Crippen molar-refractivity contribution in [3.8, 4) is 0 Å². The molecule has 20 heavy (non-hydrogen) atoms. The number of para-hydroxylation sites is 1. The van der Waals surface area contributed by atoms with Crippen molar-refractivity contribution >= 4 is 29.3 Å². The van der Waals surface area contributed by atoms with Crippen LogP contribution in [0.4, 0.5) is 5.69 Å². The standard InChI is InChI=1S/C14H20N2O3S/c1-3-19-14(18)10-6-4-5-7-12(10)16-13(17)11(15)8-9-20-2/h4-7,11H,3,8-9,15H2,1-2H3,(H,16,17)/t11-/m0/s1. The highest BCUT2D eigenvalue weighted by Gasteiger charge is 2.17. The molecule has 0 fully saturated rings. The SMILES string of the molecule is CCOC(=O)c1ccccc1NC(=O)[C@@H](N)CCSC. The number of hydrogen-bond donors (Lipinski definition) is 2. The summed E-state index contributed by atoms with van der Waals surface area (Å²) in [5.74, 6) is 0.0607. The van der Waals surface area contributed by atoms with Gasteiger partial charge in [-0.1, -0.05) is 12.1 Å². The molecular weight excluding hydrogens is 276 g/mol. The zero-order valence-electron chi connectivity index (χ0n) is 11.7. The average molecular weight is 296 g/mol. The molecule has 1 rings (SSSR count). The first-order chi connectivity index (χ1) is 9.60. The van der Waals surface area contributed by atoms with Gasteiger partial charge in [0.05, 0.1) is 23.9 Å². The Hall–Kier alpha value is -1.53. The minimum absolute atomic E-state index is 0.286. The number of thioether (sulfide) groups is 1. The van der Waals surface area contributed by atoms with Crippen molar-refractivity contribution in [2.45, 2.75) is 19.4 Å². The second kappa shape index (κ2) is 8.60. The van der Waals surface area contributed by atoms with Crippen molar-refractivity contribution in [2.24, 2.45) is 5.73 Å². The van der Waals surface area contributed by atoms with E-state index in [9.17, 15) is 9.59 Å². The molecule has 0 aliphatic rings. The van der Waals surface area contributed by atoms with Crippen LogP contribution in [0.25, 0.3) is 0 Å². The number of carbonyl (C=O) groups excluding carboxylic acids is 2. The molecule has 0 aromatic heterocycles. The first-order valence-electron chi connectivity index (χ1n) is 6.41. The normalized spacial score (nSPS) is 11.8. The van der Waals surface area contributed by atoms with Crippen LogP contribution in [0.5, 0.6) is 0 Å². The van der Waals surface area contributed by atoms with Crippen LogP contribution >= 0.6 is 11.8 Å². The molecule has 3 N–H and O–H groups in total. The van der Waals surface area contributed by atoms with E-state index in [4.69, 9.17) is 10.5 Å². The number of nitrogens with one attached hydrogen (secondary N) is 1. The molecule has 1 aromatic carbocycles. The van der Waals surface area contributed by atoms with Gasteiger partial charge < -0.3 is 15.8 Å². The van der Waals surface area contributed by atoms with Crippen molar-refractivity contribution in [1.82, 2.24) is 0 Å². The van der Waals surface area contributed by atoms with E-state index in [0.717, 1.165) is 5.75 Å². The summed E-state index contributed by atoms with van der Waals surface area (Å²) in [6.45, 7) is 2.02. The smallest absolute Gasteiger partial charge is 0.340 e. The van der Waals surface area contributed by atoms with E-state index in [1.165, 1.54) is 0 Å². The molecule has 5 nitrogen and oxygen atoms in total. The van der Waals surface area contributed by atoms with Crippen LogP contribution in [0, 0.1) is 0 Å². The molecule has 1 aromatic rings. The zero-order chi connectivity index (χ0) is 15.0. The summed E-state index contributed by atoms with van der Waals surface area (Å²) >= 11 is 1.63. The number of nitrogens with two attached hydrogens (primary N) is 1. The molecule has 0 spiro atoms. The van der Waals surface area contributed by atoms with E-state index in [-0.39, 0.29) is 12.5 Å². The summed E-state index contributed by atoms with van der Waals surface area (Å²) in [7, 11) is 0. The Balaban J connectivity index is 2.76. The highest BCUT2D eigenvalue weighted by atomic mass is 32.2. The number of ether oxygens (including phenoxy) is 1. The minimum Gasteiger partial charge on any atom is -0.462 e. The lowest BCUT2D eigenvalue weighted by atomic mass is 10.1. The van der Waals surface area contributed by atoms with E-state index < -0.39 is 12.0 Å². The number of amides is 1. The fourth-order valence-electron chi connectivity index (χ4n) is 1.58. The largest absolute Gasteiger partial charge is 0.462 e. The monoisotopic (exact) mass is 296 g/mol. The highest BCUT2D eigenvalue weighted by molar-refractivity contribution is 7.98. The lowest BCUT2D eigenvalue weighted by Crippen LogP contribution is -2.36. The average Bonchev–Trinajstić information content (AvgIpc) is 2.45. The third kappa shape index (κ3) is 4.86. The Morgan fingerprint density at radius 1 is 1.40 bits per heavy atom. The predicted molar refractivity (Wildman–Crippen MR) is 82.0 cm³/mol. The molecule has 0 saturated carbocycles. The van der Waals surface area contributed by atoms with Gasteiger partial charge in [0.25, 0.3) is 0 Å². The first-order valence-corrected chi connectivity index (χ1v) is 7.81. The summed E-state index contributed by atoms with van der Waals surface area (Å²) in [6.07, 6.45) is 2.55. The maximum absolute atomic E-state index is 12.0. The van der Waals surface area contributed by atoms with Gasteiger partial charge in [0.2, 0.25) is 5.91 Å². The second-order valence-corrected chi connectivity index (χ2v) is 5.13. The number of benzene rings is 1. The van der Waals surface area contributed by atoms with Crippen LogP contribution in [-0.4, -0.2) is 36.5 Å². The Kier molecular flexibility index (Phi) is 7.11. The molecule has 0 aliphatic carbocycles. The molecule has 6 heteroatoms. The van der Waals surface area contributed by atoms with E-state index in [1.54, 1.807) is 43.0 Å². The third-order valence-electron chi connectivity index (χ3n) is 2.65. The minimum atomic E-state index is -0.585. The summed E-state index contributed by atoms with van der Waals surface area (Å²) < 4.78 is 4.95. The van der Waals surface area contributed by atoms with E-state index in [0.29, 0.717) is 17.7 Å². The number of anilines is 1. The number of esters is 1. The van der Waals surface area contributed by atoms with Gasteiger partial charge in [-0.2, -0.15) is 11.8 Å². The van der Waals surface area contributed by atoms with Crippen molar-refractivity contribution in [3.05, 3.63) is 29.8 Å². The molecule has 0 saturated heterocycles. The zero-order valence-corrected chi connectivity index (χ0v) is 12.5. The number of hydrogen-bond acceptors (Lipinski definition) is 5. The second-order valence-electron chi connectivity index (χ2n) is 4.14. The highest BCUT2D eigenvalue weighted by Crippen LogP contribution is 2.16. The Bertz CT molecular complexity index is 465. The molecule has 1 amide bonds. The summed E-state index contributed by atoms with van der Waals surface area (Å²) in [6, 6.07) is 6.14. The fraction of sp³-hybridized carbons (Fsp3) is 0.429. The topological polar surface area (TPSA) is 81.4 Å². The van der Waals surface area contributed by atoms with Crippen LogP contribution in [0.3, 0.4) is 0 Å². The number of rotatable bonds is 7. The van der Waals surface area contributed by atoms with Gasteiger partial charge in [-0.3, -0.25) is 4.79 Å². The van der Waals surface area contributed by atoms with Gasteiger partial charge in [-0.25, -0.2) is 4.79 Å². The lowest BCUT2D eigenvalue weighted by Gasteiger charge is -2.14. The van der Waals surface area contributed by atoms with Crippen LogP contribution in [0.15, 0.2) is 24.3 Å². The molecule has 0 heterocycles. The van der Waals surface area contributed by atoms with Gasteiger partial charge in [0.1, 0.15) is 0 Å². The maximum atomic E-state index is 12.0. The summed E-state index contributed by atoms with van der Waals surface area (Å²) in [4.78, 5) is 23.7. The van der Waals surface area contributed by atoms with Crippen molar-refractivity contribution in [3.63, 3.8) is 0 Å². The van der Waals surface area contributed by atoms with E-state index >= 15 is 0 Å². The van der Waals surface area contributed by atoms with Gasteiger partial charge in [0, 0.05) is 0 Å². The van der Waals surface area contributed by atoms with Crippen LogP contribution in [0.1, 0.15) is 23.7 Å². The molecule has 110 valence electrons. The van der Waals surface area contributed by atoms with Crippen molar-refractivity contribution in [1.29, 1.82) is 0 Å². The molecule has 1 atom stereocenters. The predicted octanol–water partition coefficient (Wildman–Crippen LogP) is 1.88. The van der Waals surface area contributed by atoms with Crippen LogP contribution < -0.4 is 11.1 Å². The van der Waals surface area contributed by atoms with E-state index in [2.05, 4.69) is 5.32 Å². The molecule has 0 unspecified atom stereocenters. The third-order valence-corrected chi connectivity index (χ3v) is 3.29. The Morgan fingerprint density at radius 2 is 2.10 bits per heavy atom. The van der Waals surface area contributed by atoms with Crippen molar-refractivity contribution < 1.29 is 14.3 Å². The molecule has 0 aliphatic heterocycles. The van der Waals surface area contributed by atoms with Crippen LogP contribution in [-0.2, 0) is 9.53 Å². The maximum Gasteiger partial charge on any atom is 0.340 e. The Morgan fingerprint density at radius 3 is 2.75 bits per heavy atom. The molecule has 0 bridgehead atoms.